The Morgan fingerprint density at radius 3 is 2.43 bits per heavy atom. The second kappa shape index (κ2) is 15.8. The van der Waals surface area contributed by atoms with Gasteiger partial charge in [-0.05, 0) is 42.9 Å². The Bertz CT molecular complexity index is 846. The van der Waals surface area contributed by atoms with E-state index in [4.69, 9.17) is 14.2 Å². The Morgan fingerprint density at radius 2 is 1.77 bits per heavy atom. The number of benzene rings is 1. The van der Waals surface area contributed by atoms with Gasteiger partial charge < -0.3 is 24.0 Å². The Morgan fingerprint density at radius 1 is 1.03 bits per heavy atom. The summed E-state index contributed by atoms with van der Waals surface area (Å²) < 4.78 is 16.2. The number of nitrogens with one attached hydrogen (secondary N) is 2. The van der Waals surface area contributed by atoms with Crippen molar-refractivity contribution < 1.29 is 33.1 Å². The fourth-order valence-electron chi connectivity index (χ4n) is 2.92. The first-order valence-corrected chi connectivity index (χ1v) is 12.0. The predicted molar refractivity (Wildman–Crippen MR) is 135 cm³/mol. The van der Waals surface area contributed by atoms with Crippen LogP contribution in [0.5, 0.6) is 11.5 Å². The maximum Gasteiger partial charge on any atom is 0.415 e. The van der Waals surface area contributed by atoms with Crippen molar-refractivity contribution in [3.05, 3.63) is 35.9 Å². The average molecular weight is 493 g/mol. The lowest BCUT2D eigenvalue weighted by Gasteiger charge is -2.23. The maximum atomic E-state index is 12.1. The highest BCUT2D eigenvalue weighted by molar-refractivity contribution is 5.76. The summed E-state index contributed by atoms with van der Waals surface area (Å²) in [5.41, 5.74) is 0.814. The van der Waals surface area contributed by atoms with Crippen LogP contribution in [0.3, 0.4) is 0 Å². The van der Waals surface area contributed by atoms with Crippen molar-refractivity contribution in [3.8, 4) is 11.5 Å². The minimum atomic E-state index is -0.771. The number of quaternary nitrogens is 1. The highest BCUT2D eigenvalue weighted by Gasteiger charge is 2.14. The van der Waals surface area contributed by atoms with Gasteiger partial charge in [-0.15, -0.1) is 0 Å². The summed E-state index contributed by atoms with van der Waals surface area (Å²) in [4.78, 5) is 35.8. The molecule has 0 unspecified atom stereocenters. The van der Waals surface area contributed by atoms with Gasteiger partial charge in [0, 0.05) is 13.0 Å². The molecule has 0 heterocycles. The van der Waals surface area contributed by atoms with Crippen molar-refractivity contribution in [2.45, 2.75) is 52.5 Å². The van der Waals surface area contributed by atoms with Crippen LogP contribution in [0.1, 0.15) is 51.5 Å². The SMILES string of the molecule is COc1cc(CNC(=O)CCCC/C=C/C(C)C)ccc1OC(=O)NCOC(=O)CC[N+](C)(C)C. The molecule has 0 spiro atoms. The highest BCUT2D eigenvalue weighted by atomic mass is 16.6. The number of methoxy groups -OCH3 is 1. The number of hydrogen-bond acceptors (Lipinski definition) is 6. The Balaban J connectivity index is 2.40. The van der Waals surface area contributed by atoms with Gasteiger partial charge in [-0.2, -0.15) is 0 Å². The van der Waals surface area contributed by atoms with Crippen LogP contribution in [-0.4, -0.2) is 64.0 Å². The summed E-state index contributed by atoms with van der Waals surface area (Å²) in [5.74, 6) is 0.710. The van der Waals surface area contributed by atoms with Crippen molar-refractivity contribution in [2.75, 3.05) is 41.5 Å². The van der Waals surface area contributed by atoms with Gasteiger partial charge in [-0.1, -0.05) is 32.1 Å². The van der Waals surface area contributed by atoms with E-state index in [-0.39, 0.29) is 24.8 Å². The minimum Gasteiger partial charge on any atom is -0.493 e. The monoisotopic (exact) mass is 492 g/mol. The predicted octanol–water partition coefficient (Wildman–Crippen LogP) is 3.77. The number of carbonyl (C=O) groups is 3. The lowest BCUT2D eigenvalue weighted by Crippen LogP contribution is -2.37. The fraction of sp³-hybridized carbons (Fsp3) is 0.577. The molecule has 0 fully saturated rings. The van der Waals surface area contributed by atoms with E-state index in [1.165, 1.54) is 7.11 Å². The van der Waals surface area contributed by atoms with Crippen LogP contribution >= 0.6 is 0 Å². The van der Waals surface area contributed by atoms with Gasteiger partial charge in [0.05, 0.1) is 41.2 Å². The maximum absolute atomic E-state index is 12.1. The summed E-state index contributed by atoms with van der Waals surface area (Å²) in [7, 11) is 7.39. The van der Waals surface area contributed by atoms with Crippen LogP contribution in [-0.2, 0) is 20.9 Å². The molecule has 9 heteroatoms. The van der Waals surface area contributed by atoms with E-state index in [0.29, 0.717) is 35.7 Å². The zero-order valence-electron chi connectivity index (χ0n) is 22.0. The van der Waals surface area contributed by atoms with Gasteiger partial charge >= 0.3 is 12.1 Å². The zero-order chi connectivity index (χ0) is 26.3. The third-order valence-corrected chi connectivity index (χ3v) is 4.90. The number of rotatable bonds is 15. The molecule has 9 nitrogen and oxygen atoms in total. The first-order chi connectivity index (χ1) is 16.5. The van der Waals surface area contributed by atoms with Crippen molar-refractivity contribution in [2.24, 2.45) is 5.92 Å². The molecule has 0 aromatic heterocycles. The van der Waals surface area contributed by atoms with Crippen molar-refractivity contribution in [1.29, 1.82) is 0 Å². The number of nitrogens with zero attached hydrogens (tertiary/aromatic N) is 1. The van der Waals surface area contributed by atoms with E-state index in [1.807, 2.05) is 21.1 Å². The molecule has 196 valence electrons. The molecule has 0 radical (unpaired) electrons. The Hall–Kier alpha value is -3.07. The molecule has 0 saturated heterocycles. The van der Waals surface area contributed by atoms with Gasteiger partial charge in [0.2, 0.25) is 5.91 Å². The van der Waals surface area contributed by atoms with Gasteiger partial charge in [-0.3, -0.25) is 14.9 Å². The molecule has 1 aromatic rings. The van der Waals surface area contributed by atoms with E-state index >= 15 is 0 Å². The number of carbonyl (C=O) groups excluding carboxylic acids is 3. The van der Waals surface area contributed by atoms with Gasteiger partial charge in [0.15, 0.2) is 18.2 Å². The second-order valence-corrected chi connectivity index (χ2v) is 9.67. The summed E-state index contributed by atoms with van der Waals surface area (Å²) in [6.07, 6.45) is 7.10. The molecule has 1 rings (SSSR count). The number of allylic oxidation sites excluding steroid dienone is 2. The smallest absolute Gasteiger partial charge is 0.415 e. The average Bonchev–Trinajstić information content (AvgIpc) is 2.78. The standard InChI is InChI=1S/C26H41N3O6/c1-20(2)11-9-7-8-10-12-24(30)27-18-21-13-14-22(23(17-21)33-6)35-26(32)28-19-34-25(31)15-16-29(3,4)5/h9,11,13-14,17,20H,7-8,10,12,15-16,18-19H2,1-6H3,(H-,27,28,30,32)/p+1/b11-9+. The lowest BCUT2D eigenvalue weighted by molar-refractivity contribution is -0.869. The largest absolute Gasteiger partial charge is 0.493 e. The fourth-order valence-corrected chi connectivity index (χ4v) is 2.92. The molecular formula is C26H42N3O6+. The van der Waals surface area contributed by atoms with E-state index in [1.54, 1.807) is 18.2 Å². The van der Waals surface area contributed by atoms with Crippen LogP contribution in [0.2, 0.25) is 0 Å². The molecular weight excluding hydrogens is 450 g/mol. The number of hydrogen-bond donors (Lipinski definition) is 2. The first-order valence-electron chi connectivity index (χ1n) is 12.0. The number of unbranched alkanes of at least 4 members (excludes halogenated alkanes) is 2. The summed E-state index contributed by atoms with van der Waals surface area (Å²) >= 11 is 0. The topological polar surface area (TPSA) is 103 Å². The van der Waals surface area contributed by atoms with Crippen molar-refractivity contribution in [3.63, 3.8) is 0 Å². The van der Waals surface area contributed by atoms with Crippen LogP contribution < -0.4 is 20.1 Å². The molecule has 1 aromatic carbocycles. The van der Waals surface area contributed by atoms with Crippen LogP contribution in [0.4, 0.5) is 4.79 Å². The summed E-state index contributed by atoms with van der Waals surface area (Å²) in [6, 6.07) is 5.03. The number of esters is 1. The van der Waals surface area contributed by atoms with Gasteiger partial charge in [0.25, 0.3) is 0 Å². The number of amides is 2. The summed E-state index contributed by atoms with van der Waals surface area (Å²) in [6.45, 7) is 4.97. The molecule has 2 amide bonds. The quantitative estimate of drug-likeness (QED) is 0.127. The second-order valence-electron chi connectivity index (χ2n) is 9.67. The lowest BCUT2D eigenvalue weighted by atomic mass is 10.1. The van der Waals surface area contributed by atoms with Crippen molar-refractivity contribution >= 4 is 18.0 Å². The third-order valence-electron chi connectivity index (χ3n) is 4.90. The zero-order valence-corrected chi connectivity index (χ0v) is 22.0. The van der Waals surface area contributed by atoms with Crippen LogP contribution in [0, 0.1) is 5.92 Å². The molecule has 0 saturated carbocycles. The molecule has 0 aliphatic heterocycles. The van der Waals surface area contributed by atoms with Gasteiger partial charge in [0.1, 0.15) is 0 Å². The normalized spacial score (nSPS) is 11.4. The van der Waals surface area contributed by atoms with Crippen LogP contribution in [0.25, 0.3) is 0 Å². The first kappa shape index (κ1) is 30.0. The Kier molecular flexibility index (Phi) is 13.5. The third kappa shape index (κ3) is 14.7. The summed E-state index contributed by atoms with van der Waals surface area (Å²) in [5, 5.41) is 5.27. The highest BCUT2D eigenvalue weighted by Crippen LogP contribution is 2.28. The number of ether oxygens (including phenoxy) is 3. The van der Waals surface area contributed by atoms with Crippen LogP contribution in [0.15, 0.2) is 30.4 Å². The molecule has 2 N–H and O–H groups in total. The molecule has 0 atom stereocenters. The Labute approximate surface area is 209 Å². The molecule has 0 aliphatic carbocycles. The minimum absolute atomic E-state index is 0.00694. The van der Waals surface area contributed by atoms with E-state index < -0.39 is 12.1 Å². The van der Waals surface area contributed by atoms with Crippen molar-refractivity contribution in [1.82, 2.24) is 10.6 Å². The molecule has 0 aliphatic rings. The molecule has 35 heavy (non-hydrogen) atoms. The van der Waals surface area contributed by atoms with E-state index in [9.17, 15) is 14.4 Å². The molecule has 0 bridgehead atoms. The van der Waals surface area contributed by atoms with E-state index in [2.05, 4.69) is 36.6 Å². The van der Waals surface area contributed by atoms with E-state index in [0.717, 1.165) is 24.8 Å². The van der Waals surface area contributed by atoms with Gasteiger partial charge in [-0.25, -0.2) is 4.79 Å².